The number of pyridine rings is 1. The molecule has 2 saturated heterocycles. The van der Waals surface area contributed by atoms with Crippen LogP contribution in [-0.4, -0.2) is 58.4 Å². The molecular weight excluding hydrogens is 362 g/mol. The summed E-state index contributed by atoms with van der Waals surface area (Å²) >= 11 is 0. The van der Waals surface area contributed by atoms with Crippen molar-refractivity contribution in [2.24, 2.45) is 11.1 Å². The Balaban J connectivity index is 1.42. The van der Waals surface area contributed by atoms with Gasteiger partial charge in [0, 0.05) is 12.6 Å². The van der Waals surface area contributed by atoms with Crippen LogP contribution in [0.5, 0.6) is 5.75 Å². The molecule has 28 heavy (non-hydrogen) atoms. The summed E-state index contributed by atoms with van der Waals surface area (Å²) in [5.74, 6) is -0.457. The molecule has 4 aliphatic rings. The number of rotatable bonds is 2. The monoisotopic (exact) mass is 385 g/mol. The van der Waals surface area contributed by atoms with Crippen molar-refractivity contribution in [2.45, 2.75) is 49.8 Å². The fourth-order valence-corrected chi connectivity index (χ4v) is 4.77. The summed E-state index contributed by atoms with van der Waals surface area (Å²) < 4.78 is 6.00. The number of hydrogen-bond acceptors (Lipinski definition) is 6. The number of nitrogens with two attached hydrogens (primary N) is 1. The maximum atomic E-state index is 13.3. The summed E-state index contributed by atoms with van der Waals surface area (Å²) in [6.07, 6.45) is 5.73. The van der Waals surface area contributed by atoms with Gasteiger partial charge in [0.15, 0.2) is 11.6 Å². The smallest absolute Gasteiger partial charge is 0.271 e. The highest BCUT2D eigenvalue weighted by Crippen LogP contribution is 2.54. The Morgan fingerprint density at radius 2 is 2.11 bits per heavy atom. The number of fused-ring (bicyclic) bond motifs is 1. The van der Waals surface area contributed by atoms with E-state index >= 15 is 0 Å². The fourth-order valence-electron chi connectivity index (χ4n) is 4.77. The second-order valence-corrected chi connectivity index (χ2v) is 8.45. The van der Waals surface area contributed by atoms with Crippen molar-refractivity contribution in [3.63, 3.8) is 0 Å². The number of primary amides is 1. The molecule has 3 amide bonds. The Labute approximate surface area is 162 Å². The zero-order valence-electron chi connectivity index (χ0n) is 15.4. The lowest BCUT2D eigenvalue weighted by molar-refractivity contribution is -0.140. The number of anilines is 1. The molecule has 3 atom stereocenters. The number of aromatic nitrogens is 1. The van der Waals surface area contributed by atoms with E-state index in [9.17, 15) is 14.4 Å². The number of amides is 3. The molecule has 5 rings (SSSR count). The van der Waals surface area contributed by atoms with Gasteiger partial charge in [0.25, 0.3) is 5.91 Å². The van der Waals surface area contributed by atoms with Crippen molar-refractivity contribution < 1.29 is 19.1 Å². The largest absolute Gasteiger partial charge is 0.472 e. The molecule has 0 aromatic carbocycles. The van der Waals surface area contributed by atoms with Gasteiger partial charge in [-0.3, -0.25) is 14.4 Å². The van der Waals surface area contributed by atoms with Crippen molar-refractivity contribution in [1.29, 1.82) is 0 Å². The van der Waals surface area contributed by atoms with Gasteiger partial charge in [-0.2, -0.15) is 0 Å². The Bertz CT molecular complexity index is 870. The zero-order valence-corrected chi connectivity index (χ0v) is 15.4. The average Bonchev–Trinajstić information content (AvgIpc) is 3.30. The van der Waals surface area contributed by atoms with E-state index in [1.165, 1.54) is 4.90 Å². The van der Waals surface area contributed by atoms with E-state index in [0.29, 0.717) is 11.6 Å². The van der Waals surface area contributed by atoms with Crippen LogP contribution in [0.4, 0.5) is 5.82 Å². The third-order valence-corrected chi connectivity index (χ3v) is 6.60. The molecule has 0 radical (unpaired) electrons. The first-order valence-corrected chi connectivity index (χ1v) is 9.70. The van der Waals surface area contributed by atoms with Gasteiger partial charge < -0.3 is 26.0 Å². The number of carbonyl (C=O) groups excluding carboxylic acids is 3. The molecular formula is C19H23N5O4. The molecule has 3 fully saturated rings. The van der Waals surface area contributed by atoms with E-state index in [1.807, 2.05) is 0 Å². The van der Waals surface area contributed by atoms with Crippen LogP contribution in [0.1, 0.15) is 32.1 Å². The highest BCUT2D eigenvalue weighted by molar-refractivity contribution is 6.02. The number of nitrogens with one attached hydrogen (secondary N) is 2. The molecule has 1 saturated carbocycles. The normalized spacial score (nSPS) is 32.6. The maximum Gasteiger partial charge on any atom is 0.271 e. The first-order valence-electron chi connectivity index (χ1n) is 9.70. The highest BCUT2D eigenvalue weighted by Gasteiger charge is 2.58. The van der Waals surface area contributed by atoms with Crippen molar-refractivity contribution in [2.75, 3.05) is 18.4 Å². The lowest BCUT2D eigenvalue weighted by atomic mass is 9.89. The molecule has 2 spiro atoms. The van der Waals surface area contributed by atoms with Gasteiger partial charge in [-0.05, 0) is 49.8 Å². The summed E-state index contributed by atoms with van der Waals surface area (Å²) in [7, 11) is 0. The maximum absolute atomic E-state index is 13.3. The van der Waals surface area contributed by atoms with E-state index in [-0.39, 0.29) is 30.3 Å². The number of carbonyl (C=O) groups is 3. The van der Waals surface area contributed by atoms with Crippen molar-refractivity contribution >= 4 is 23.5 Å². The Morgan fingerprint density at radius 1 is 1.29 bits per heavy atom. The molecule has 0 bridgehead atoms. The van der Waals surface area contributed by atoms with Crippen LogP contribution in [0.2, 0.25) is 0 Å². The first-order chi connectivity index (χ1) is 13.4. The van der Waals surface area contributed by atoms with Crippen LogP contribution in [0.3, 0.4) is 0 Å². The topological polar surface area (TPSA) is 127 Å². The lowest BCUT2D eigenvalue weighted by Gasteiger charge is -2.35. The van der Waals surface area contributed by atoms with E-state index in [1.54, 1.807) is 18.3 Å². The molecule has 4 N–H and O–H groups in total. The zero-order chi connectivity index (χ0) is 19.5. The number of ether oxygens (including phenoxy) is 1. The Morgan fingerprint density at radius 3 is 2.86 bits per heavy atom. The number of piperidine rings is 1. The molecule has 148 valence electrons. The molecule has 1 aromatic heterocycles. The highest BCUT2D eigenvalue weighted by atomic mass is 16.5. The molecule has 4 heterocycles. The van der Waals surface area contributed by atoms with Gasteiger partial charge in [0.05, 0.1) is 12.6 Å². The van der Waals surface area contributed by atoms with Gasteiger partial charge >= 0.3 is 0 Å². The standard InChI is InChI=1S/C19H23N5O4/c20-14(25)12-9-19(17(27)23-15-13(28-19)2-1-6-22-15)10-24(12)16(26)11-8-18(3-4-18)5-7-21-11/h1-2,6,11-12,21H,3-5,7-10H2,(H2,20,25)(H,22,23,27)/t11-,12-,19+/m0/s1. The molecule has 0 unspecified atom stereocenters. The summed E-state index contributed by atoms with van der Waals surface area (Å²) in [4.78, 5) is 43.7. The van der Waals surface area contributed by atoms with Gasteiger partial charge in [-0.25, -0.2) is 4.98 Å². The summed E-state index contributed by atoms with van der Waals surface area (Å²) in [5.41, 5.74) is 4.53. The van der Waals surface area contributed by atoms with E-state index in [2.05, 4.69) is 15.6 Å². The van der Waals surface area contributed by atoms with Gasteiger partial charge in [-0.15, -0.1) is 0 Å². The van der Waals surface area contributed by atoms with Crippen LogP contribution < -0.4 is 21.1 Å². The lowest BCUT2D eigenvalue weighted by Crippen LogP contribution is -2.56. The predicted octanol–water partition coefficient (Wildman–Crippen LogP) is -0.230. The fraction of sp³-hybridized carbons (Fsp3) is 0.579. The minimum atomic E-state index is -1.34. The minimum absolute atomic E-state index is 0.00914. The molecule has 1 aliphatic carbocycles. The molecule has 3 aliphatic heterocycles. The molecule has 9 heteroatoms. The molecule has 9 nitrogen and oxygen atoms in total. The van der Waals surface area contributed by atoms with E-state index < -0.39 is 23.5 Å². The van der Waals surface area contributed by atoms with Crippen LogP contribution in [0, 0.1) is 5.41 Å². The van der Waals surface area contributed by atoms with Crippen LogP contribution in [-0.2, 0) is 14.4 Å². The second kappa shape index (κ2) is 5.91. The minimum Gasteiger partial charge on any atom is -0.472 e. The number of nitrogens with zero attached hydrogens (tertiary/aromatic N) is 2. The van der Waals surface area contributed by atoms with Crippen LogP contribution in [0.15, 0.2) is 18.3 Å². The predicted molar refractivity (Wildman–Crippen MR) is 98.2 cm³/mol. The summed E-state index contributed by atoms with van der Waals surface area (Å²) in [6, 6.07) is 2.17. The SMILES string of the molecule is NC(=O)[C@@H]1C[C@]2(CN1C(=O)[C@@H]1CC3(CCN1)CC3)Oc1cccnc1NC2=O. The number of likely N-dealkylation sites (tertiary alicyclic amines) is 1. The Hall–Kier alpha value is -2.68. The first kappa shape index (κ1) is 17.4. The molecule has 1 aromatic rings. The Kier molecular flexibility index (Phi) is 3.67. The van der Waals surface area contributed by atoms with E-state index in [0.717, 1.165) is 32.2 Å². The summed E-state index contributed by atoms with van der Waals surface area (Å²) in [5, 5.41) is 6.01. The third kappa shape index (κ3) is 2.64. The van der Waals surface area contributed by atoms with Crippen LogP contribution >= 0.6 is 0 Å². The van der Waals surface area contributed by atoms with Crippen molar-refractivity contribution in [3.8, 4) is 5.75 Å². The van der Waals surface area contributed by atoms with Crippen LogP contribution in [0.25, 0.3) is 0 Å². The number of hydrogen-bond donors (Lipinski definition) is 3. The average molecular weight is 385 g/mol. The summed E-state index contributed by atoms with van der Waals surface area (Å²) in [6.45, 7) is 0.775. The third-order valence-electron chi connectivity index (χ3n) is 6.60. The van der Waals surface area contributed by atoms with Gasteiger partial charge in [0.1, 0.15) is 6.04 Å². The van der Waals surface area contributed by atoms with Gasteiger partial charge in [-0.1, -0.05) is 0 Å². The van der Waals surface area contributed by atoms with Gasteiger partial charge in [0.2, 0.25) is 17.4 Å². The quantitative estimate of drug-likeness (QED) is 0.645. The van der Waals surface area contributed by atoms with Crippen molar-refractivity contribution in [1.82, 2.24) is 15.2 Å². The van der Waals surface area contributed by atoms with E-state index in [4.69, 9.17) is 10.5 Å². The second-order valence-electron chi connectivity index (χ2n) is 8.45. The van der Waals surface area contributed by atoms with Crippen molar-refractivity contribution in [3.05, 3.63) is 18.3 Å².